The Kier molecular flexibility index (Phi) is 5.44. The lowest BCUT2D eigenvalue weighted by Gasteiger charge is -2.59. The minimum absolute atomic E-state index is 0.183. The van der Waals surface area contributed by atoms with Gasteiger partial charge < -0.3 is 9.47 Å². The molecule has 1 unspecified atom stereocenters. The van der Waals surface area contributed by atoms with Gasteiger partial charge in [-0.1, -0.05) is 0 Å². The van der Waals surface area contributed by atoms with E-state index in [0.29, 0.717) is 35.5 Å². The van der Waals surface area contributed by atoms with Crippen LogP contribution in [0.2, 0.25) is 0 Å². The molecule has 0 amide bonds. The Balaban J connectivity index is 1.22. The van der Waals surface area contributed by atoms with E-state index < -0.39 is 33.5 Å². The summed E-state index contributed by atoms with van der Waals surface area (Å²) in [4.78, 5) is 13.8. The normalized spacial score (nSPS) is 45.5. The summed E-state index contributed by atoms with van der Waals surface area (Å²) < 4.78 is 70.1. The number of rotatable bonds is 8. The molecule has 1 atom stereocenters. The highest BCUT2D eigenvalue weighted by molar-refractivity contribution is 7.86. The summed E-state index contributed by atoms with van der Waals surface area (Å²) >= 11 is 0. The lowest BCUT2D eigenvalue weighted by Crippen LogP contribution is -2.56. The van der Waals surface area contributed by atoms with Gasteiger partial charge in [0.05, 0.1) is 12.0 Å². The summed E-state index contributed by atoms with van der Waals surface area (Å²) in [5.74, 6) is 3.30. The Morgan fingerprint density at radius 1 is 0.853 bits per heavy atom. The van der Waals surface area contributed by atoms with Crippen LogP contribution < -0.4 is 0 Å². The number of ether oxygens (including phenoxy) is 2. The summed E-state index contributed by atoms with van der Waals surface area (Å²) in [6.45, 7) is -1.70. The van der Waals surface area contributed by atoms with Crippen molar-refractivity contribution in [1.82, 2.24) is 0 Å². The molecule has 6 nitrogen and oxygen atoms in total. The van der Waals surface area contributed by atoms with Gasteiger partial charge in [0.25, 0.3) is 0 Å². The average Bonchev–Trinajstić information content (AvgIpc) is 2.70. The van der Waals surface area contributed by atoms with E-state index >= 15 is 0 Å². The molecule has 0 saturated heterocycles. The van der Waals surface area contributed by atoms with Crippen molar-refractivity contribution in [2.24, 2.45) is 46.3 Å². The summed E-state index contributed by atoms with van der Waals surface area (Å²) in [7, 11) is -5.57. The molecule has 0 aromatic rings. The topological polar surface area (TPSA) is 89.9 Å². The molecular weight excluding hydrogens is 466 g/mol. The van der Waals surface area contributed by atoms with Crippen molar-refractivity contribution >= 4 is 16.1 Å². The van der Waals surface area contributed by atoms with Gasteiger partial charge >= 0.3 is 21.3 Å². The van der Waals surface area contributed by atoms with Gasteiger partial charge in [-0.25, -0.2) is 0 Å². The molecule has 192 valence electrons. The largest absolute Gasteiger partial charge is 0.459 e. The molecule has 8 rings (SSSR count). The van der Waals surface area contributed by atoms with Gasteiger partial charge in [-0.05, 0) is 113 Å². The van der Waals surface area contributed by atoms with Crippen molar-refractivity contribution in [3.05, 3.63) is 0 Å². The van der Waals surface area contributed by atoms with E-state index in [-0.39, 0.29) is 18.0 Å². The third-order valence-corrected chi connectivity index (χ3v) is 11.3. The van der Waals surface area contributed by atoms with E-state index in [0.717, 1.165) is 38.5 Å². The van der Waals surface area contributed by atoms with Crippen molar-refractivity contribution in [2.45, 2.75) is 88.4 Å². The molecule has 0 radical (unpaired) electrons. The monoisotopic (exact) mass is 502 g/mol. The van der Waals surface area contributed by atoms with E-state index in [1.54, 1.807) is 0 Å². The predicted octanol–water partition coefficient (Wildman–Crippen LogP) is 4.83. The third-order valence-electron chi connectivity index (χ3n) is 10.4. The number of hydrogen-bond donors (Lipinski definition) is 1. The molecule has 8 fully saturated rings. The Morgan fingerprint density at radius 2 is 1.26 bits per heavy atom. The summed E-state index contributed by atoms with van der Waals surface area (Å²) in [6.07, 6.45) is 11.9. The van der Waals surface area contributed by atoms with Gasteiger partial charge in [0, 0.05) is 5.41 Å². The fourth-order valence-electron chi connectivity index (χ4n) is 9.88. The number of alkyl halides is 2. The van der Waals surface area contributed by atoms with Crippen LogP contribution in [0.3, 0.4) is 0 Å². The maximum atomic E-state index is 13.8. The maximum Gasteiger partial charge on any atom is 0.392 e. The summed E-state index contributed by atoms with van der Waals surface area (Å²) in [5.41, 5.74) is -0.728. The van der Waals surface area contributed by atoms with Gasteiger partial charge in [0.2, 0.25) is 0 Å². The lowest BCUT2D eigenvalue weighted by molar-refractivity contribution is -0.204. The fourth-order valence-corrected chi connectivity index (χ4v) is 10.1. The van der Waals surface area contributed by atoms with E-state index in [2.05, 4.69) is 0 Å². The van der Waals surface area contributed by atoms with Crippen molar-refractivity contribution < 1.29 is 36.0 Å². The molecule has 34 heavy (non-hydrogen) atoms. The first-order valence-electron chi connectivity index (χ1n) is 13.1. The predicted molar refractivity (Wildman–Crippen MR) is 118 cm³/mol. The molecule has 8 aliphatic rings. The zero-order chi connectivity index (χ0) is 23.9. The fraction of sp³-hybridized carbons (Fsp3) is 0.960. The zero-order valence-electron chi connectivity index (χ0n) is 19.6. The Morgan fingerprint density at radius 3 is 1.68 bits per heavy atom. The van der Waals surface area contributed by atoms with Crippen LogP contribution in [0.15, 0.2) is 0 Å². The van der Waals surface area contributed by atoms with Crippen LogP contribution >= 0.6 is 0 Å². The molecule has 0 aromatic heterocycles. The molecule has 0 aromatic carbocycles. The first kappa shape index (κ1) is 23.6. The van der Waals surface area contributed by atoms with E-state index in [1.807, 2.05) is 0 Å². The molecule has 0 heterocycles. The second-order valence-electron chi connectivity index (χ2n) is 13.0. The van der Waals surface area contributed by atoms with Crippen LogP contribution in [0.4, 0.5) is 8.78 Å². The SMILES string of the molecule is O=C(OC(COCC(F)(F)S(=O)(=O)O)C12CC3CC(CC(C3)C1)C2)C12CC3CC(CC(C3)C1)C2. The Hall–Kier alpha value is -0.800. The van der Waals surface area contributed by atoms with E-state index in [9.17, 15) is 22.0 Å². The number of esters is 1. The van der Waals surface area contributed by atoms with Crippen molar-refractivity contribution in [3.63, 3.8) is 0 Å². The number of carbonyl (C=O) groups is 1. The zero-order valence-corrected chi connectivity index (χ0v) is 20.4. The third kappa shape index (κ3) is 3.92. The van der Waals surface area contributed by atoms with Gasteiger partial charge in [0.1, 0.15) is 12.7 Å². The molecule has 0 spiro atoms. The molecule has 8 aliphatic carbocycles. The second-order valence-corrected chi connectivity index (χ2v) is 14.5. The maximum absolute atomic E-state index is 13.8. The highest BCUT2D eigenvalue weighted by Crippen LogP contribution is 2.63. The molecule has 0 aliphatic heterocycles. The van der Waals surface area contributed by atoms with Crippen molar-refractivity contribution in [2.75, 3.05) is 13.2 Å². The van der Waals surface area contributed by atoms with Crippen LogP contribution in [0.5, 0.6) is 0 Å². The average molecular weight is 503 g/mol. The second kappa shape index (κ2) is 7.85. The van der Waals surface area contributed by atoms with Gasteiger partial charge in [-0.15, -0.1) is 0 Å². The van der Waals surface area contributed by atoms with E-state index in [4.69, 9.17) is 14.0 Å². The van der Waals surface area contributed by atoms with Crippen LogP contribution in [0, 0.1) is 46.3 Å². The highest BCUT2D eigenvalue weighted by Gasteiger charge is 2.59. The molecule has 9 heteroatoms. The van der Waals surface area contributed by atoms with E-state index in [1.165, 1.54) is 38.5 Å². The number of halogens is 2. The van der Waals surface area contributed by atoms with Gasteiger partial charge in [0.15, 0.2) is 0 Å². The lowest BCUT2D eigenvalue weighted by atomic mass is 9.48. The van der Waals surface area contributed by atoms with Crippen molar-refractivity contribution in [1.29, 1.82) is 0 Å². The van der Waals surface area contributed by atoms with Crippen LogP contribution in [0.1, 0.15) is 77.0 Å². The minimum atomic E-state index is -5.57. The van der Waals surface area contributed by atoms with Gasteiger partial charge in [-0.3, -0.25) is 9.35 Å². The standard InChI is InChI=1S/C25H36F2O6S/c26-25(27,34(29,30)31)14-32-13-21(23-7-15-1-16(8-23)3-17(2-15)9-23)33-22(28)24-10-18-4-19(11-24)6-20(5-18)12-24/h15-21H,1-14H2,(H,29,30,31). The Bertz CT molecular complexity index is 876. The first-order chi connectivity index (χ1) is 16.0. The molecule has 8 saturated carbocycles. The number of carbonyl (C=O) groups excluding carboxylic acids is 1. The Labute approximate surface area is 200 Å². The minimum Gasteiger partial charge on any atom is -0.459 e. The van der Waals surface area contributed by atoms with Crippen LogP contribution in [-0.2, 0) is 24.4 Å². The van der Waals surface area contributed by atoms with Crippen LogP contribution in [0.25, 0.3) is 0 Å². The quantitative estimate of drug-likeness (QED) is 0.378. The summed E-state index contributed by atoms with van der Waals surface area (Å²) in [6, 6.07) is 0. The van der Waals surface area contributed by atoms with Crippen molar-refractivity contribution in [3.8, 4) is 0 Å². The molecule has 1 N–H and O–H groups in total. The smallest absolute Gasteiger partial charge is 0.392 e. The van der Waals surface area contributed by atoms with Gasteiger partial charge in [-0.2, -0.15) is 17.2 Å². The van der Waals surface area contributed by atoms with Crippen LogP contribution in [-0.4, -0.2) is 43.5 Å². The first-order valence-corrected chi connectivity index (χ1v) is 14.5. The highest BCUT2D eigenvalue weighted by atomic mass is 32.2. The molecule has 8 bridgehead atoms. The molecular formula is C25H36F2O6S. The number of hydrogen-bond acceptors (Lipinski definition) is 5. The summed E-state index contributed by atoms with van der Waals surface area (Å²) in [5, 5.41) is -4.39.